The van der Waals surface area contributed by atoms with Crippen LogP contribution in [-0.4, -0.2) is 18.1 Å². The number of nitrogens with two attached hydrogens (primary N) is 2. The molecule has 2 aromatic carbocycles. The fourth-order valence-electron chi connectivity index (χ4n) is 2.01. The summed E-state index contributed by atoms with van der Waals surface area (Å²) in [5.74, 6) is 0. The summed E-state index contributed by atoms with van der Waals surface area (Å²) in [6.07, 6.45) is 2.13. The molecule has 0 aliphatic heterocycles. The Bertz CT molecular complexity index is 555. The number of hydrogen-bond donors (Lipinski definition) is 2. The largest absolute Gasteiger partial charge is 0.330 e. The first-order chi connectivity index (χ1) is 9.85. The summed E-state index contributed by atoms with van der Waals surface area (Å²) in [5.41, 5.74) is 12.4. The number of rotatable bonds is 3. The summed E-state index contributed by atoms with van der Waals surface area (Å²) in [4.78, 5) is 4.58. The first-order valence-electron chi connectivity index (χ1n) is 7.00. The molecule has 20 heavy (non-hydrogen) atoms. The van der Waals surface area contributed by atoms with Gasteiger partial charge in [-0.3, -0.25) is 0 Å². The van der Waals surface area contributed by atoms with Gasteiger partial charge in [0.25, 0.3) is 0 Å². The average Bonchev–Trinajstić information content (AvgIpc) is 2.51. The number of para-hydroxylation sites is 2. The van der Waals surface area contributed by atoms with Gasteiger partial charge in [-0.1, -0.05) is 36.4 Å². The summed E-state index contributed by atoms with van der Waals surface area (Å²) in [7, 11) is 0. The molecule has 1 aromatic heterocycles. The molecule has 0 aliphatic rings. The Labute approximate surface area is 119 Å². The van der Waals surface area contributed by atoms with Crippen LogP contribution in [0.15, 0.2) is 54.6 Å². The van der Waals surface area contributed by atoms with Crippen molar-refractivity contribution < 1.29 is 0 Å². The standard InChI is InChI=1S/C13H9N.C4H12N2/c1-3-7-12-10(5-1)9-11-6-2-4-8-13(11)14-12;5-3-1-2-4-6/h1-9H;1-6H2. The van der Waals surface area contributed by atoms with E-state index in [1.165, 1.54) is 10.8 Å². The van der Waals surface area contributed by atoms with E-state index >= 15 is 0 Å². The zero-order valence-electron chi connectivity index (χ0n) is 11.6. The Morgan fingerprint density at radius 2 is 1.15 bits per heavy atom. The first-order valence-corrected chi connectivity index (χ1v) is 7.00. The summed E-state index contributed by atoms with van der Waals surface area (Å²) >= 11 is 0. The molecule has 0 bridgehead atoms. The Morgan fingerprint density at radius 3 is 1.60 bits per heavy atom. The van der Waals surface area contributed by atoms with Crippen LogP contribution >= 0.6 is 0 Å². The molecule has 0 atom stereocenters. The van der Waals surface area contributed by atoms with Gasteiger partial charge in [0.2, 0.25) is 0 Å². The molecule has 0 radical (unpaired) electrons. The molecule has 104 valence electrons. The van der Waals surface area contributed by atoms with E-state index in [9.17, 15) is 0 Å². The molecule has 0 saturated heterocycles. The van der Waals surface area contributed by atoms with Crippen LogP contribution in [0.5, 0.6) is 0 Å². The number of pyridine rings is 1. The van der Waals surface area contributed by atoms with Crippen molar-refractivity contribution in [2.75, 3.05) is 13.1 Å². The molecule has 0 saturated carbocycles. The van der Waals surface area contributed by atoms with E-state index in [-0.39, 0.29) is 0 Å². The highest BCUT2D eigenvalue weighted by atomic mass is 14.7. The highest BCUT2D eigenvalue weighted by Gasteiger charge is 1.96. The predicted molar refractivity (Wildman–Crippen MR) is 86.6 cm³/mol. The van der Waals surface area contributed by atoms with E-state index < -0.39 is 0 Å². The monoisotopic (exact) mass is 267 g/mol. The van der Waals surface area contributed by atoms with Crippen LogP contribution in [0.3, 0.4) is 0 Å². The molecule has 0 fully saturated rings. The minimum absolute atomic E-state index is 0.775. The molecule has 0 unspecified atom stereocenters. The van der Waals surface area contributed by atoms with Crippen molar-refractivity contribution in [2.24, 2.45) is 11.5 Å². The van der Waals surface area contributed by atoms with Gasteiger partial charge in [0, 0.05) is 10.8 Å². The van der Waals surface area contributed by atoms with Gasteiger partial charge < -0.3 is 11.5 Å². The molecule has 3 nitrogen and oxygen atoms in total. The van der Waals surface area contributed by atoms with Crippen molar-refractivity contribution in [3.05, 3.63) is 54.6 Å². The van der Waals surface area contributed by atoms with Gasteiger partial charge in [0.15, 0.2) is 0 Å². The number of aromatic nitrogens is 1. The van der Waals surface area contributed by atoms with Crippen LogP contribution in [0.4, 0.5) is 0 Å². The van der Waals surface area contributed by atoms with Crippen molar-refractivity contribution in [2.45, 2.75) is 12.8 Å². The Kier molecular flexibility index (Phi) is 5.47. The lowest BCUT2D eigenvalue weighted by Gasteiger charge is -1.99. The minimum Gasteiger partial charge on any atom is -0.330 e. The van der Waals surface area contributed by atoms with Gasteiger partial charge in [0.1, 0.15) is 0 Å². The smallest absolute Gasteiger partial charge is 0.0709 e. The third-order valence-electron chi connectivity index (χ3n) is 3.08. The van der Waals surface area contributed by atoms with Crippen LogP contribution in [0.2, 0.25) is 0 Å². The second kappa shape index (κ2) is 7.58. The van der Waals surface area contributed by atoms with Gasteiger partial charge in [0.05, 0.1) is 11.0 Å². The molecule has 0 spiro atoms. The number of benzene rings is 2. The molecular formula is C17H21N3. The topological polar surface area (TPSA) is 64.9 Å². The van der Waals surface area contributed by atoms with Gasteiger partial charge in [-0.15, -0.1) is 0 Å². The fourth-order valence-corrected chi connectivity index (χ4v) is 2.01. The molecule has 0 aliphatic carbocycles. The Balaban J connectivity index is 0.000000212. The second-order valence-electron chi connectivity index (χ2n) is 4.66. The number of hydrogen-bond acceptors (Lipinski definition) is 3. The quantitative estimate of drug-likeness (QED) is 0.566. The SMILES string of the molecule is NCCCCN.c1ccc2nc3ccccc3cc2c1. The minimum atomic E-state index is 0.775. The van der Waals surface area contributed by atoms with Crippen LogP contribution in [-0.2, 0) is 0 Å². The molecule has 3 rings (SSSR count). The van der Waals surface area contributed by atoms with E-state index in [4.69, 9.17) is 11.5 Å². The maximum Gasteiger partial charge on any atom is 0.0709 e. The number of nitrogens with zero attached hydrogens (tertiary/aromatic N) is 1. The lowest BCUT2D eigenvalue weighted by molar-refractivity contribution is 0.755. The van der Waals surface area contributed by atoms with Gasteiger partial charge in [-0.25, -0.2) is 4.98 Å². The van der Waals surface area contributed by atoms with Crippen LogP contribution < -0.4 is 11.5 Å². The lowest BCUT2D eigenvalue weighted by Crippen LogP contribution is -2.03. The molecular weight excluding hydrogens is 246 g/mol. The van der Waals surface area contributed by atoms with Crippen molar-refractivity contribution >= 4 is 21.8 Å². The summed E-state index contributed by atoms with van der Waals surface area (Å²) in [5, 5.41) is 2.40. The highest BCUT2D eigenvalue weighted by molar-refractivity contribution is 5.92. The normalized spacial score (nSPS) is 10.3. The Morgan fingerprint density at radius 1 is 0.700 bits per heavy atom. The third-order valence-corrected chi connectivity index (χ3v) is 3.08. The molecule has 4 N–H and O–H groups in total. The van der Waals surface area contributed by atoms with E-state index in [1.807, 2.05) is 36.4 Å². The maximum absolute atomic E-state index is 5.16. The van der Waals surface area contributed by atoms with E-state index in [0.29, 0.717) is 0 Å². The summed E-state index contributed by atoms with van der Waals surface area (Å²) in [6.45, 7) is 1.55. The van der Waals surface area contributed by atoms with Crippen LogP contribution in [0.25, 0.3) is 21.8 Å². The number of fused-ring (bicyclic) bond motifs is 2. The van der Waals surface area contributed by atoms with Crippen molar-refractivity contribution in [1.82, 2.24) is 4.98 Å². The van der Waals surface area contributed by atoms with Gasteiger partial charge in [-0.05, 0) is 44.1 Å². The molecule has 3 aromatic rings. The Hall–Kier alpha value is -1.97. The van der Waals surface area contributed by atoms with Crippen LogP contribution in [0.1, 0.15) is 12.8 Å². The fraction of sp³-hybridized carbons (Fsp3) is 0.235. The van der Waals surface area contributed by atoms with Crippen molar-refractivity contribution in [1.29, 1.82) is 0 Å². The predicted octanol–water partition coefficient (Wildman–Crippen LogP) is 3.07. The van der Waals surface area contributed by atoms with Crippen molar-refractivity contribution in [3.8, 4) is 0 Å². The summed E-state index contributed by atoms with van der Waals surface area (Å²) in [6, 6.07) is 18.6. The van der Waals surface area contributed by atoms with E-state index in [1.54, 1.807) is 0 Å². The molecule has 1 heterocycles. The average molecular weight is 267 g/mol. The molecule has 3 heteroatoms. The second-order valence-corrected chi connectivity index (χ2v) is 4.66. The van der Waals surface area contributed by atoms with E-state index in [2.05, 4.69) is 23.2 Å². The first kappa shape index (κ1) is 14.4. The zero-order chi connectivity index (χ0) is 14.2. The molecule has 0 amide bonds. The van der Waals surface area contributed by atoms with Gasteiger partial charge >= 0.3 is 0 Å². The number of unbranched alkanes of at least 4 members (excludes halogenated alkanes) is 1. The zero-order valence-corrected chi connectivity index (χ0v) is 11.6. The highest BCUT2D eigenvalue weighted by Crippen LogP contribution is 2.18. The van der Waals surface area contributed by atoms with Crippen LogP contribution in [0, 0.1) is 0 Å². The van der Waals surface area contributed by atoms with Gasteiger partial charge in [-0.2, -0.15) is 0 Å². The van der Waals surface area contributed by atoms with Crippen molar-refractivity contribution in [3.63, 3.8) is 0 Å². The lowest BCUT2D eigenvalue weighted by atomic mass is 10.1. The van der Waals surface area contributed by atoms with E-state index in [0.717, 1.165) is 37.0 Å². The summed E-state index contributed by atoms with van der Waals surface area (Å²) < 4.78 is 0. The maximum atomic E-state index is 5.16. The third kappa shape index (κ3) is 3.76.